The van der Waals surface area contributed by atoms with E-state index in [4.69, 9.17) is 0 Å². The van der Waals surface area contributed by atoms with Crippen LogP contribution in [-0.4, -0.2) is 59.0 Å². The molecule has 10 heteroatoms. The molecule has 0 aromatic heterocycles. The van der Waals surface area contributed by atoms with Crippen LogP contribution in [0, 0.1) is 15.9 Å². The molecule has 0 saturated carbocycles. The van der Waals surface area contributed by atoms with Crippen molar-refractivity contribution in [3.05, 3.63) is 39.7 Å². The molecule has 0 bridgehead atoms. The lowest BCUT2D eigenvalue weighted by Gasteiger charge is -2.38. The number of rotatable bonds is 3. The summed E-state index contributed by atoms with van der Waals surface area (Å²) in [7, 11) is 0. The van der Waals surface area contributed by atoms with Crippen molar-refractivity contribution in [3.63, 3.8) is 0 Å². The van der Waals surface area contributed by atoms with E-state index in [1.807, 2.05) is 0 Å². The van der Waals surface area contributed by atoms with Crippen LogP contribution in [0.1, 0.15) is 17.3 Å². The zero-order valence-electron chi connectivity index (χ0n) is 12.7. The lowest BCUT2D eigenvalue weighted by molar-refractivity contribution is -0.385. The minimum atomic E-state index is -4.35. The second-order valence-corrected chi connectivity index (χ2v) is 5.47. The van der Waals surface area contributed by atoms with Crippen molar-refractivity contribution in [2.45, 2.75) is 19.1 Å². The molecule has 0 unspecified atom stereocenters. The molecule has 1 aliphatic rings. The number of carbonyl (C=O) groups excluding carboxylic acids is 1. The molecule has 132 valence electrons. The molecule has 1 aromatic carbocycles. The van der Waals surface area contributed by atoms with E-state index in [1.165, 1.54) is 9.80 Å². The predicted molar refractivity (Wildman–Crippen MR) is 76.0 cm³/mol. The Morgan fingerprint density at radius 2 is 1.83 bits per heavy atom. The van der Waals surface area contributed by atoms with Crippen LogP contribution in [0.5, 0.6) is 0 Å². The minimum Gasteiger partial charge on any atom is -0.336 e. The van der Waals surface area contributed by atoms with E-state index < -0.39 is 34.6 Å². The van der Waals surface area contributed by atoms with E-state index in [2.05, 4.69) is 0 Å². The van der Waals surface area contributed by atoms with Crippen LogP contribution in [0.2, 0.25) is 0 Å². The number of halogens is 4. The number of non-ortho nitro benzene ring substituents is 1. The molecule has 1 aliphatic heterocycles. The average molecular weight is 349 g/mol. The Morgan fingerprint density at radius 1 is 1.25 bits per heavy atom. The van der Waals surface area contributed by atoms with Crippen molar-refractivity contribution >= 4 is 11.6 Å². The van der Waals surface area contributed by atoms with Gasteiger partial charge < -0.3 is 4.90 Å². The highest BCUT2D eigenvalue weighted by atomic mass is 19.4. The highest BCUT2D eigenvalue weighted by Crippen LogP contribution is 2.26. The number of nitrogens with zero attached hydrogens (tertiary/aromatic N) is 3. The number of hydrogen-bond acceptors (Lipinski definition) is 4. The zero-order valence-corrected chi connectivity index (χ0v) is 12.7. The first-order valence-electron chi connectivity index (χ1n) is 7.15. The predicted octanol–water partition coefficient (Wildman–Crippen LogP) is 2.44. The molecule has 2 rings (SSSR count). The highest BCUT2D eigenvalue weighted by molar-refractivity contribution is 5.94. The summed E-state index contributed by atoms with van der Waals surface area (Å²) < 4.78 is 51.9. The van der Waals surface area contributed by atoms with Crippen molar-refractivity contribution in [3.8, 4) is 0 Å². The Labute approximate surface area is 134 Å². The van der Waals surface area contributed by atoms with Crippen molar-refractivity contribution in [2.75, 3.05) is 26.2 Å². The summed E-state index contributed by atoms with van der Waals surface area (Å²) in [5.74, 6) is -1.72. The molecule has 0 radical (unpaired) electrons. The number of nitro benzene ring substituents is 1. The summed E-state index contributed by atoms with van der Waals surface area (Å²) in [4.78, 5) is 24.5. The van der Waals surface area contributed by atoms with E-state index in [-0.39, 0.29) is 31.7 Å². The molecule has 0 spiro atoms. The van der Waals surface area contributed by atoms with Crippen LogP contribution in [0.15, 0.2) is 18.2 Å². The number of piperazine rings is 1. The van der Waals surface area contributed by atoms with Gasteiger partial charge in [-0.2, -0.15) is 13.2 Å². The molecule has 24 heavy (non-hydrogen) atoms. The van der Waals surface area contributed by atoms with Gasteiger partial charge in [0, 0.05) is 32.2 Å². The van der Waals surface area contributed by atoms with Crippen molar-refractivity contribution in [2.24, 2.45) is 0 Å². The second kappa shape index (κ2) is 6.71. The van der Waals surface area contributed by atoms with Gasteiger partial charge in [-0.3, -0.25) is 19.8 Å². The van der Waals surface area contributed by atoms with E-state index in [0.717, 1.165) is 19.1 Å². The Balaban J connectivity index is 2.04. The fourth-order valence-electron chi connectivity index (χ4n) is 2.48. The number of carbonyl (C=O) groups is 1. The smallest absolute Gasteiger partial charge is 0.336 e. The number of amides is 1. The van der Waals surface area contributed by atoms with Crippen LogP contribution in [0.4, 0.5) is 23.2 Å². The molecule has 1 saturated heterocycles. The minimum absolute atomic E-state index is 0.0149. The van der Waals surface area contributed by atoms with Crippen LogP contribution in [0.3, 0.4) is 0 Å². The number of hydrogen-bond donors (Lipinski definition) is 0. The van der Waals surface area contributed by atoms with Gasteiger partial charge in [0.05, 0.1) is 16.6 Å². The third-order valence-electron chi connectivity index (χ3n) is 4.02. The maximum atomic E-state index is 13.9. The number of benzene rings is 1. The third-order valence-corrected chi connectivity index (χ3v) is 4.02. The van der Waals surface area contributed by atoms with Crippen LogP contribution < -0.4 is 0 Å². The second-order valence-electron chi connectivity index (χ2n) is 5.47. The summed E-state index contributed by atoms with van der Waals surface area (Å²) in [5, 5.41) is 10.6. The molecular weight excluding hydrogens is 334 g/mol. The Hall–Kier alpha value is -2.23. The van der Waals surface area contributed by atoms with Gasteiger partial charge in [-0.25, -0.2) is 4.39 Å². The average Bonchev–Trinajstić information content (AvgIpc) is 2.52. The lowest BCUT2D eigenvalue weighted by atomic mass is 10.1. The van der Waals surface area contributed by atoms with Crippen molar-refractivity contribution < 1.29 is 27.3 Å². The zero-order chi connectivity index (χ0) is 18.1. The number of alkyl halides is 3. The highest BCUT2D eigenvalue weighted by Gasteiger charge is 2.41. The SMILES string of the molecule is C[C@@H](N1CCN(C(=O)c2ccc([N+](=O)[O-])cc2F)CC1)C(F)(F)F. The van der Waals surface area contributed by atoms with Gasteiger partial charge in [-0.1, -0.05) is 0 Å². The first kappa shape index (κ1) is 18.1. The molecule has 1 heterocycles. The van der Waals surface area contributed by atoms with Gasteiger partial charge in [-0.05, 0) is 13.0 Å². The summed E-state index contributed by atoms with van der Waals surface area (Å²) in [5.41, 5.74) is -0.814. The first-order chi connectivity index (χ1) is 11.1. The maximum absolute atomic E-state index is 13.9. The molecule has 0 N–H and O–H groups in total. The van der Waals surface area contributed by atoms with Gasteiger partial charge in [-0.15, -0.1) is 0 Å². The Morgan fingerprint density at radius 3 is 2.29 bits per heavy atom. The molecule has 1 amide bonds. The fourth-order valence-corrected chi connectivity index (χ4v) is 2.48. The molecular formula is C14H15F4N3O3. The topological polar surface area (TPSA) is 66.7 Å². The summed E-state index contributed by atoms with van der Waals surface area (Å²) in [6.45, 7) is 1.13. The van der Waals surface area contributed by atoms with E-state index in [0.29, 0.717) is 6.07 Å². The lowest BCUT2D eigenvalue weighted by Crippen LogP contribution is -2.54. The van der Waals surface area contributed by atoms with Gasteiger partial charge in [0.1, 0.15) is 11.9 Å². The van der Waals surface area contributed by atoms with E-state index in [9.17, 15) is 32.5 Å². The normalized spacial score (nSPS) is 17.6. The molecule has 1 aromatic rings. The molecule has 0 aliphatic carbocycles. The monoisotopic (exact) mass is 349 g/mol. The fraction of sp³-hybridized carbons (Fsp3) is 0.500. The van der Waals surface area contributed by atoms with Crippen LogP contribution >= 0.6 is 0 Å². The summed E-state index contributed by atoms with van der Waals surface area (Å²) in [6, 6.07) is 1.06. The largest absolute Gasteiger partial charge is 0.403 e. The van der Waals surface area contributed by atoms with E-state index in [1.54, 1.807) is 0 Å². The number of nitro groups is 1. The summed E-state index contributed by atoms with van der Waals surface area (Å²) in [6.07, 6.45) is -4.35. The van der Waals surface area contributed by atoms with E-state index >= 15 is 0 Å². The first-order valence-corrected chi connectivity index (χ1v) is 7.15. The Kier molecular flexibility index (Phi) is 5.07. The van der Waals surface area contributed by atoms with Gasteiger partial charge in [0.25, 0.3) is 11.6 Å². The van der Waals surface area contributed by atoms with Crippen LogP contribution in [-0.2, 0) is 0 Å². The summed E-state index contributed by atoms with van der Waals surface area (Å²) >= 11 is 0. The standard InChI is InChI=1S/C14H15F4N3O3/c1-9(14(16,17)18)19-4-6-20(7-5-19)13(22)11-3-2-10(21(23)24)8-12(11)15/h2-3,8-9H,4-7H2,1H3/t9-/m1/s1. The third kappa shape index (κ3) is 3.81. The molecule has 6 nitrogen and oxygen atoms in total. The molecule has 1 fully saturated rings. The quantitative estimate of drug-likeness (QED) is 0.478. The van der Waals surface area contributed by atoms with Gasteiger partial charge >= 0.3 is 6.18 Å². The van der Waals surface area contributed by atoms with Gasteiger partial charge in [0.2, 0.25) is 0 Å². The van der Waals surface area contributed by atoms with Crippen molar-refractivity contribution in [1.82, 2.24) is 9.80 Å². The Bertz CT molecular complexity index is 643. The van der Waals surface area contributed by atoms with Crippen molar-refractivity contribution in [1.29, 1.82) is 0 Å². The maximum Gasteiger partial charge on any atom is 0.403 e. The van der Waals surface area contributed by atoms with Gasteiger partial charge in [0.15, 0.2) is 0 Å². The molecule has 1 atom stereocenters. The van der Waals surface area contributed by atoms with Crippen LogP contribution in [0.25, 0.3) is 0 Å².